The molecule has 0 radical (unpaired) electrons. The van der Waals surface area contributed by atoms with Crippen molar-refractivity contribution in [3.05, 3.63) is 45.4 Å². The summed E-state index contributed by atoms with van der Waals surface area (Å²) in [6.45, 7) is 2.23. The predicted molar refractivity (Wildman–Crippen MR) is 102 cm³/mol. The van der Waals surface area contributed by atoms with Crippen LogP contribution in [-0.2, 0) is 10.3 Å². The number of amides is 1. The van der Waals surface area contributed by atoms with E-state index >= 15 is 0 Å². The van der Waals surface area contributed by atoms with Crippen LogP contribution < -0.4 is 14.8 Å². The molecule has 0 spiro atoms. The quantitative estimate of drug-likeness (QED) is 0.889. The number of aryl methyl sites for hydroxylation is 1. The third-order valence-corrected chi connectivity index (χ3v) is 6.23. The van der Waals surface area contributed by atoms with Crippen molar-refractivity contribution in [3.8, 4) is 11.5 Å². The van der Waals surface area contributed by atoms with Gasteiger partial charge in [0.15, 0.2) is 11.5 Å². The van der Waals surface area contributed by atoms with E-state index < -0.39 is 0 Å². The van der Waals surface area contributed by atoms with Crippen molar-refractivity contribution in [2.75, 3.05) is 13.7 Å². The first-order valence-corrected chi connectivity index (χ1v) is 9.75. The predicted octanol–water partition coefficient (Wildman–Crippen LogP) is 3.82. The number of thiazole rings is 1. The summed E-state index contributed by atoms with van der Waals surface area (Å²) in [6.07, 6.45) is 5.98. The van der Waals surface area contributed by atoms with E-state index in [9.17, 15) is 4.79 Å². The van der Waals surface area contributed by atoms with Crippen molar-refractivity contribution in [1.29, 1.82) is 0 Å². The highest BCUT2D eigenvalue weighted by Gasteiger charge is 2.40. The van der Waals surface area contributed by atoms with Gasteiger partial charge in [0.1, 0.15) is 11.6 Å². The molecule has 6 heteroatoms. The zero-order valence-electron chi connectivity index (χ0n) is 15.0. The van der Waals surface area contributed by atoms with E-state index in [-0.39, 0.29) is 18.1 Å². The van der Waals surface area contributed by atoms with Gasteiger partial charge in [0.25, 0.3) is 5.91 Å². The van der Waals surface area contributed by atoms with Crippen molar-refractivity contribution >= 4 is 23.3 Å². The van der Waals surface area contributed by atoms with Gasteiger partial charge in [0.2, 0.25) is 0 Å². The Labute approximate surface area is 157 Å². The van der Waals surface area contributed by atoms with Crippen LogP contribution in [0, 0.1) is 6.92 Å². The monoisotopic (exact) mass is 370 g/mol. The van der Waals surface area contributed by atoms with Crippen LogP contribution in [0.1, 0.15) is 41.9 Å². The molecule has 1 N–H and O–H groups in total. The number of rotatable bonds is 4. The Morgan fingerprint density at radius 2 is 2.15 bits per heavy atom. The standard InChI is InChI=1S/C20H22N2O3S/c1-13-12-26-19(21-13)20(8-3-4-9-20)22-18(23)15-10-14-6-5-7-16(24-2)17(14)25-11-15/h5-7,10,12H,3-4,8-9,11H2,1-2H3,(H,22,23). The molecule has 136 valence electrons. The fourth-order valence-electron chi connectivity index (χ4n) is 3.71. The van der Waals surface area contributed by atoms with Crippen LogP contribution in [0.25, 0.3) is 6.08 Å². The van der Waals surface area contributed by atoms with E-state index in [0.29, 0.717) is 17.1 Å². The summed E-state index contributed by atoms with van der Waals surface area (Å²) in [5, 5.41) is 6.34. The highest BCUT2D eigenvalue weighted by Crippen LogP contribution is 2.41. The van der Waals surface area contributed by atoms with Gasteiger partial charge in [-0.25, -0.2) is 4.98 Å². The molecule has 0 bridgehead atoms. The lowest BCUT2D eigenvalue weighted by Gasteiger charge is -2.29. The third-order valence-electron chi connectivity index (χ3n) is 5.06. The minimum atomic E-state index is -0.342. The van der Waals surface area contributed by atoms with E-state index in [1.54, 1.807) is 18.4 Å². The van der Waals surface area contributed by atoms with Gasteiger partial charge in [-0.1, -0.05) is 25.0 Å². The average Bonchev–Trinajstić information content (AvgIpc) is 3.30. The highest BCUT2D eigenvalue weighted by molar-refractivity contribution is 7.09. The number of nitrogens with zero attached hydrogens (tertiary/aromatic N) is 1. The molecule has 2 aromatic rings. The highest BCUT2D eigenvalue weighted by atomic mass is 32.1. The number of benzene rings is 1. The number of carbonyl (C=O) groups is 1. The van der Waals surface area contributed by atoms with Crippen molar-refractivity contribution in [3.63, 3.8) is 0 Å². The molecule has 0 unspecified atom stereocenters. The molecule has 26 heavy (non-hydrogen) atoms. The Kier molecular flexibility index (Phi) is 4.44. The van der Waals surface area contributed by atoms with Gasteiger partial charge in [-0.05, 0) is 31.9 Å². The van der Waals surface area contributed by atoms with Crippen molar-refractivity contribution in [2.24, 2.45) is 0 Å². The molecule has 1 aliphatic carbocycles. The molecular weight excluding hydrogens is 348 g/mol. The lowest BCUT2D eigenvalue weighted by atomic mass is 9.97. The molecule has 1 aliphatic heterocycles. The van der Waals surface area contributed by atoms with Crippen LogP contribution in [0.5, 0.6) is 11.5 Å². The van der Waals surface area contributed by atoms with E-state index in [2.05, 4.69) is 10.3 Å². The van der Waals surface area contributed by atoms with E-state index in [4.69, 9.17) is 9.47 Å². The molecule has 1 amide bonds. The third kappa shape index (κ3) is 2.98. The SMILES string of the molecule is COc1cccc2c1OCC(C(=O)NC1(c3nc(C)cs3)CCCC1)=C2. The Hall–Kier alpha value is -2.34. The second-order valence-corrected chi connectivity index (χ2v) is 7.73. The molecule has 1 fully saturated rings. The number of ether oxygens (including phenoxy) is 2. The first-order valence-electron chi connectivity index (χ1n) is 8.87. The van der Waals surface area contributed by atoms with Crippen LogP contribution in [0.4, 0.5) is 0 Å². The number of hydrogen-bond acceptors (Lipinski definition) is 5. The largest absolute Gasteiger partial charge is 0.493 e. The maximum atomic E-state index is 13.0. The molecule has 0 saturated heterocycles. The summed E-state index contributed by atoms with van der Waals surface area (Å²) in [7, 11) is 1.62. The zero-order valence-corrected chi connectivity index (χ0v) is 15.8. The summed E-state index contributed by atoms with van der Waals surface area (Å²) in [5.74, 6) is 1.30. The number of para-hydroxylation sites is 1. The molecule has 0 atom stereocenters. The van der Waals surface area contributed by atoms with Gasteiger partial charge in [-0.3, -0.25) is 4.79 Å². The minimum absolute atomic E-state index is 0.0757. The van der Waals surface area contributed by atoms with E-state index in [0.717, 1.165) is 41.9 Å². The first kappa shape index (κ1) is 17.1. The summed E-state index contributed by atoms with van der Waals surface area (Å²) in [5.41, 5.74) is 2.16. The number of nitrogens with one attached hydrogen (secondary N) is 1. The number of fused-ring (bicyclic) bond motifs is 1. The Morgan fingerprint density at radius 1 is 1.35 bits per heavy atom. The maximum Gasteiger partial charge on any atom is 0.251 e. The van der Waals surface area contributed by atoms with Gasteiger partial charge in [0.05, 0.1) is 18.2 Å². The second kappa shape index (κ2) is 6.76. The van der Waals surface area contributed by atoms with Crippen molar-refractivity contribution in [2.45, 2.75) is 38.1 Å². The molecule has 2 aliphatic rings. The molecular formula is C20H22N2O3S. The van der Waals surface area contributed by atoms with Gasteiger partial charge in [-0.2, -0.15) is 0 Å². The summed E-state index contributed by atoms with van der Waals surface area (Å²) in [6, 6.07) is 5.69. The lowest BCUT2D eigenvalue weighted by Crippen LogP contribution is -2.45. The topological polar surface area (TPSA) is 60.5 Å². The van der Waals surface area contributed by atoms with Crippen LogP contribution in [-0.4, -0.2) is 24.6 Å². The Balaban J connectivity index is 1.60. The molecule has 5 nitrogen and oxygen atoms in total. The van der Waals surface area contributed by atoms with E-state index in [1.807, 2.05) is 36.6 Å². The van der Waals surface area contributed by atoms with Crippen molar-refractivity contribution < 1.29 is 14.3 Å². The fraction of sp³-hybridized carbons (Fsp3) is 0.400. The normalized spacial score (nSPS) is 17.8. The van der Waals surface area contributed by atoms with Gasteiger partial charge < -0.3 is 14.8 Å². The number of hydrogen-bond donors (Lipinski definition) is 1. The lowest BCUT2D eigenvalue weighted by molar-refractivity contribution is -0.119. The summed E-state index contributed by atoms with van der Waals surface area (Å²) in [4.78, 5) is 17.6. The Morgan fingerprint density at radius 3 is 2.85 bits per heavy atom. The smallest absolute Gasteiger partial charge is 0.251 e. The molecule has 1 aromatic carbocycles. The average molecular weight is 370 g/mol. The fourth-order valence-corrected chi connectivity index (χ4v) is 4.73. The van der Waals surface area contributed by atoms with Crippen LogP contribution >= 0.6 is 11.3 Å². The molecule has 2 heterocycles. The van der Waals surface area contributed by atoms with Crippen LogP contribution in [0.15, 0.2) is 29.2 Å². The van der Waals surface area contributed by atoms with E-state index in [1.165, 1.54) is 0 Å². The molecule has 1 saturated carbocycles. The number of methoxy groups -OCH3 is 1. The second-order valence-electron chi connectivity index (χ2n) is 6.87. The van der Waals surface area contributed by atoms with Crippen LogP contribution in [0.2, 0.25) is 0 Å². The number of aromatic nitrogens is 1. The number of carbonyl (C=O) groups excluding carboxylic acids is 1. The van der Waals surface area contributed by atoms with Crippen molar-refractivity contribution in [1.82, 2.24) is 10.3 Å². The van der Waals surface area contributed by atoms with Gasteiger partial charge in [0, 0.05) is 16.6 Å². The van der Waals surface area contributed by atoms with Crippen LogP contribution in [0.3, 0.4) is 0 Å². The van der Waals surface area contributed by atoms with Gasteiger partial charge in [-0.15, -0.1) is 11.3 Å². The van der Waals surface area contributed by atoms with Gasteiger partial charge >= 0.3 is 0 Å². The molecule has 4 rings (SSSR count). The minimum Gasteiger partial charge on any atom is -0.493 e. The zero-order chi connectivity index (χ0) is 18.1. The molecule has 1 aromatic heterocycles. The summed E-state index contributed by atoms with van der Waals surface area (Å²) < 4.78 is 11.1. The summed E-state index contributed by atoms with van der Waals surface area (Å²) >= 11 is 1.63. The Bertz CT molecular complexity index is 866. The maximum absolute atomic E-state index is 13.0. The first-order chi connectivity index (χ1) is 12.6.